The number of carbonyl (C=O) groups is 2. The largest absolute Gasteiger partial charge is 0.461 e. The number of carbonyl (C=O) groups excluding carboxylic acids is 2. The van der Waals surface area contributed by atoms with Crippen molar-refractivity contribution in [3.05, 3.63) is 119 Å². The topological polar surface area (TPSA) is 89.9 Å². The molecule has 0 saturated carbocycles. The minimum absolute atomic E-state index is 0.128. The number of alkyl halides is 1. The molecule has 0 spiro atoms. The summed E-state index contributed by atoms with van der Waals surface area (Å²) in [4.78, 5) is 35.4. The SMILES string of the molecule is CCOC(=O)/C(=N/OC(c1ccccc1)(c1ccccc1)c1ccccc1)c1csc(NC(=O)CCl)n1. The fourth-order valence-electron chi connectivity index (χ4n) is 3.77. The van der Waals surface area contributed by atoms with Crippen LogP contribution < -0.4 is 5.32 Å². The molecule has 0 saturated heterocycles. The number of hydrogen-bond donors (Lipinski definition) is 1. The smallest absolute Gasteiger partial charge is 0.362 e. The fourth-order valence-corrected chi connectivity index (χ4v) is 4.55. The molecule has 1 amide bonds. The molecular weight excluding hydrogens is 510 g/mol. The van der Waals surface area contributed by atoms with Crippen LogP contribution in [0.2, 0.25) is 0 Å². The van der Waals surface area contributed by atoms with Crippen molar-refractivity contribution >= 4 is 45.7 Å². The molecule has 188 valence electrons. The van der Waals surface area contributed by atoms with Crippen molar-refractivity contribution in [2.24, 2.45) is 5.16 Å². The highest BCUT2D eigenvalue weighted by molar-refractivity contribution is 7.14. The Hall–Kier alpha value is -4.01. The van der Waals surface area contributed by atoms with Crippen LogP contribution in [0.5, 0.6) is 0 Å². The van der Waals surface area contributed by atoms with Gasteiger partial charge in [-0.05, 0) is 6.92 Å². The molecule has 0 aliphatic carbocycles. The molecule has 0 fully saturated rings. The van der Waals surface area contributed by atoms with Gasteiger partial charge in [0.15, 0.2) is 5.13 Å². The van der Waals surface area contributed by atoms with E-state index in [0.29, 0.717) is 0 Å². The van der Waals surface area contributed by atoms with Crippen LogP contribution in [0.15, 0.2) is 102 Å². The molecule has 1 heterocycles. The maximum absolute atomic E-state index is 13.0. The van der Waals surface area contributed by atoms with Crippen LogP contribution in [0, 0.1) is 0 Å². The Bertz CT molecular complexity index is 1270. The minimum atomic E-state index is -1.19. The van der Waals surface area contributed by atoms with Gasteiger partial charge in [0.2, 0.25) is 17.2 Å². The number of esters is 1. The first-order valence-electron chi connectivity index (χ1n) is 11.5. The molecule has 3 aromatic carbocycles. The lowest BCUT2D eigenvalue weighted by Crippen LogP contribution is -2.32. The average Bonchev–Trinajstić information content (AvgIpc) is 3.40. The monoisotopic (exact) mass is 533 g/mol. The van der Waals surface area contributed by atoms with E-state index in [-0.39, 0.29) is 29.0 Å². The highest BCUT2D eigenvalue weighted by Gasteiger charge is 2.40. The van der Waals surface area contributed by atoms with Crippen molar-refractivity contribution in [2.75, 3.05) is 17.8 Å². The Labute approximate surface area is 223 Å². The number of nitrogens with zero attached hydrogens (tertiary/aromatic N) is 2. The summed E-state index contributed by atoms with van der Waals surface area (Å²) in [7, 11) is 0. The van der Waals surface area contributed by atoms with Gasteiger partial charge >= 0.3 is 5.97 Å². The summed E-state index contributed by atoms with van der Waals surface area (Å²) in [6.45, 7) is 1.84. The molecule has 0 atom stereocenters. The highest BCUT2D eigenvalue weighted by atomic mass is 35.5. The van der Waals surface area contributed by atoms with Crippen LogP contribution in [-0.2, 0) is 24.8 Å². The summed E-state index contributed by atoms with van der Waals surface area (Å²) in [5, 5.41) is 8.82. The molecule has 37 heavy (non-hydrogen) atoms. The average molecular weight is 534 g/mol. The molecule has 0 aliphatic rings. The quantitative estimate of drug-likeness (QED) is 0.0942. The molecule has 1 N–H and O–H groups in total. The van der Waals surface area contributed by atoms with Crippen molar-refractivity contribution in [3.63, 3.8) is 0 Å². The lowest BCUT2D eigenvalue weighted by atomic mass is 9.80. The zero-order chi connectivity index (χ0) is 26.1. The second-order valence-electron chi connectivity index (χ2n) is 7.75. The molecule has 4 aromatic rings. The van der Waals surface area contributed by atoms with Gasteiger partial charge in [-0.1, -0.05) is 96.2 Å². The fraction of sp³-hybridized carbons (Fsp3) is 0.143. The maximum atomic E-state index is 13.0. The second-order valence-corrected chi connectivity index (χ2v) is 8.88. The molecular formula is C28H24ClN3O4S. The van der Waals surface area contributed by atoms with Crippen LogP contribution >= 0.6 is 22.9 Å². The highest BCUT2D eigenvalue weighted by Crippen LogP contribution is 2.40. The van der Waals surface area contributed by atoms with E-state index in [4.69, 9.17) is 21.2 Å². The Morgan fingerprint density at radius 3 is 1.89 bits per heavy atom. The normalized spacial score (nSPS) is 11.6. The van der Waals surface area contributed by atoms with E-state index in [1.807, 2.05) is 91.0 Å². The van der Waals surface area contributed by atoms with Gasteiger partial charge in [-0.3, -0.25) is 4.79 Å². The predicted molar refractivity (Wildman–Crippen MR) is 145 cm³/mol. The number of anilines is 1. The number of oxime groups is 1. The predicted octanol–water partition coefficient (Wildman–Crippen LogP) is 5.60. The van der Waals surface area contributed by atoms with E-state index in [0.717, 1.165) is 28.0 Å². The molecule has 0 radical (unpaired) electrons. The standard InChI is InChI=1S/C28H24ClN3O4S/c1-2-35-26(34)25(23-19-37-27(30-23)31-24(33)18-29)32-36-28(20-12-6-3-7-13-20,21-14-8-4-9-15-21)22-16-10-5-11-17-22/h3-17,19H,2,18H2,1H3,(H,30,31,33)/b32-25+. The van der Waals surface area contributed by atoms with Gasteiger partial charge in [0.05, 0.1) is 6.61 Å². The van der Waals surface area contributed by atoms with Gasteiger partial charge in [-0.2, -0.15) is 0 Å². The van der Waals surface area contributed by atoms with Crippen molar-refractivity contribution in [1.29, 1.82) is 0 Å². The number of aromatic nitrogens is 1. The molecule has 1 aromatic heterocycles. The lowest BCUT2D eigenvalue weighted by Gasteiger charge is -2.33. The Balaban J connectivity index is 1.87. The van der Waals surface area contributed by atoms with Gasteiger partial charge in [0.25, 0.3) is 0 Å². The van der Waals surface area contributed by atoms with Gasteiger partial charge in [-0.25, -0.2) is 9.78 Å². The summed E-state index contributed by atoms with van der Waals surface area (Å²) < 4.78 is 5.26. The van der Waals surface area contributed by atoms with Crippen LogP contribution in [-0.4, -0.2) is 35.1 Å². The van der Waals surface area contributed by atoms with Crippen molar-refractivity contribution < 1.29 is 19.2 Å². The summed E-state index contributed by atoms with van der Waals surface area (Å²) >= 11 is 6.72. The summed E-state index contributed by atoms with van der Waals surface area (Å²) in [6.07, 6.45) is 0. The van der Waals surface area contributed by atoms with Crippen molar-refractivity contribution in [1.82, 2.24) is 4.98 Å². The number of nitrogens with one attached hydrogen (secondary N) is 1. The zero-order valence-corrected chi connectivity index (χ0v) is 21.5. The van der Waals surface area contributed by atoms with Crippen LogP contribution in [0.25, 0.3) is 0 Å². The lowest BCUT2D eigenvalue weighted by molar-refractivity contribution is -0.135. The number of ether oxygens (including phenoxy) is 1. The number of halogens is 1. The Morgan fingerprint density at radius 2 is 1.43 bits per heavy atom. The van der Waals surface area contributed by atoms with Crippen LogP contribution in [0.4, 0.5) is 5.13 Å². The first kappa shape index (κ1) is 26.1. The second kappa shape index (κ2) is 12.3. The first-order chi connectivity index (χ1) is 18.1. The molecule has 4 rings (SSSR count). The van der Waals surface area contributed by atoms with E-state index < -0.39 is 17.5 Å². The van der Waals surface area contributed by atoms with E-state index in [1.165, 1.54) is 0 Å². The molecule has 0 bridgehead atoms. The zero-order valence-electron chi connectivity index (χ0n) is 20.0. The summed E-state index contributed by atoms with van der Waals surface area (Å²) in [6, 6.07) is 28.9. The Kier molecular flexibility index (Phi) is 8.66. The van der Waals surface area contributed by atoms with Gasteiger partial charge in [0.1, 0.15) is 11.6 Å². The van der Waals surface area contributed by atoms with E-state index in [1.54, 1.807) is 12.3 Å². The third-order valence-corrected chi connectivity index (χ3v) is 6.40. The van der Waals surface area contributed by atoms with Gasteiger partial charge in [0, 0.05) is 22.1 Å². The third kappa shape index (κ3) is 5.87. The molecule has 7 nitrogen and oxygen atoms in total. The van der Waals surface area contributed by atoms with Crippen molar-refractivity contribution in [2.45, 2.75) is 12.5 Å². The number of thiazole rings is 1. The number of benzene rings is 3. The van der Waals surface area contributed by atoms with Gasteiger partial charge in [-0.15, -0.1) is 22.9 Å². The first-order valence-corrected chi connectivity index (χ1v) is 12.9. The maximum Gasteiger partial charge on any atom is 0.362 e. The van der Waals surface area contributed by atoms with E-state index in [2.05, 4.69) is 15.5 Å². The molecule has 0 aliphatic heterocycles. The summed E-state index contributed by atoms with van der Waals surface area (Å²) in [5.74, 6) is -1.33. The minimum Gasteiger partial charge on any atom is -0.461 e. The molecule has 9 heteroatoms. The summed E-state index contributed by atoms with van der Waals surface area (Å²) in [5.41, 5.74) is 1.33. The number of amides is 1. The van der Waals surface area contributed by atoms with Gasteiger partial charge < -0.3 is 14.9 Å². The number of rotatable bonds is 10. The number of hydrogen-bond acceptors (Lipinski definition) is 7. The van der Waals surface area contributed by atoms with E-state index in [9.17, 15) is 9.59 Å². The molecule has 0 unspecified atom stereocenters. The van der Waals surface area contributed by atoms with E-state index >= 15 is 0 Å². The van der Waals surface area contributed by atoms with Crippen LogP contribution in [0.3, 0.4) is 0 Å². The van der Waals surface area contributed by atoms with Crippen molar-refractivity contribution in [3.8, 4) is 0 Å². The Morgan fingerprint density at radius 1 is 0.919 bits per heavy atom. The van der Waals surface area contributed by atoms with Crippen LogP contribution in [0.1, 0.15) is 29.3 Å². The third-order valence-electron chi connectivity index (χ3n) is 5.40.